The molecule has 0 bridgehead atoms. The van der Waals surface area contributed by atoms with Crippen LogP contribution in [0, 0.1) is 22.7 Å². The number of nitrogens with zero attached hydrogens (tertiary/aromatic N) is 2. The van der Waals surface area contributed by atoms with E-state index in [4.69, 9.17) is 20.0 Å². The number of hydrogen-bond acceptors (Lipinski definition) is 5. The number of benzene rings is 1. The summed E-state index contributed by atoms with van der Waals surface area (Å²) in [7, 11) is 3.07. The van der Waals surface area contributed by atoms with Crippen LogP contribution in [0.1, 0.15) is 0 Å². The smallest absolute Gasteiger partial charge is 0.162 e. The summed E-state index contributed by atoms with van der Waals surface area (Å²) in [6.45, 7) is 0. The van der Waals surface area contributed by atoms with E-state index in [1.165, 1.54) is 13.3 Å². The van der Waals surface area contributed by atoms with Gasteiger partial charge in [-0.3, -0.25) is 0 Å². The van der Waals surface area contributed by atoms with Crippen molar-refractivity contribution in [3.05, 3.63) is 28.4 Å². The summed E-state index contributed by atoms with van der Waals surface area (Å²) in [5, 5.41) is 20.1. The van der Waals surface area contributed by atoms with Crippen molar-refractivity contribution in [2.24, 2.45) is 0 Å². The quantitative estimate of drug-likeness (QED) is 0.865. The van der Waals surface area contributed by atoms with Crippen molar-refractivity contribution in [3.8, 4) is 23.6 Å². The SMILES string of the molecule is COc1cc(Br)c(NC=C(C#N)C#N)cc1OC. The van der Waals surface area contributed by atoms with Crippen LogP contribution in [0.3, 0.4) is 0 Å². The second-order valence-electron chi connectivity index (χ2n) is 3.11. The fourth-order valence-electron chi connectivity index (χ4n) is 1.20. The molecule has 0 saturated heterocycles. The standard InChI is InChI=1S/C12H10BrN3O2/c1-17-11-3-9(13)10(4-12(11)18-2)16-7-8(5-14)6-15/h3-4,7,16H,1-2H3. The van der Waals surface area contributed by atoms with Crippen molar-refractivity contribution < 1.29 is 9.47 Å². The van der Waals surface area contributed by atoms with Crippen LogP contribution < -0.4 is 14.8 Å². The van der Waals surface area contributed by atoms with Crippen molar-refractivity contribution >= 4 is 21.6 Å². The van der Waals surface area contributed by atoms with E-state index < -0.39 is 0 Å². The Bertz CT molecular complexity index is 540. The highest BCUT2D eigenvalue weighted by molar-refractivity contribution is 9.10. The van der Waals surface area contributed by atoms with Crippen molar-refractivity contribution in [2.75, 3.05) is 19.5 Å². The lowest BCUT2D eigenvalue weighted by Gasteiger charge is -2.11. The van der Waals surface area contributed by atoms with E-state index in [0.29, 0.717) is 17.2 Å². The lowest BCUT2D eigenvalue weighted by Crippen LogP contribution is -1.95. The minimum atomic E-state index is -0.0170. The highest BCUT2D eigenvalue weighted by Gasteiger charge is 2.08. The number of hydrogen-bond donors (Lipinski definition) is 1. The summed E-state index contributed by atoms with van der Waals surface area (Å²) in [5.74, 6) is 1.13. The van der Waals surface area contributed by atoms with Crippen molar-refractivity contribution in [1.29, 1.82) is 10.5 Å². The number of ether oxygens (including phenoxy) is 2. The van der Waals surface area contributed by atoms with Crippen LogP contribution >= 0.6 is 15.9 Å². The molecule has 1 aromatic carbocycles. The number of rotatable bonds is 4. The Morgan fingerprint density at radius 3 is 2.28 bits per heavy atom. The maximum atomic E-state index is 8.62. The molecular formula is C12H10BrN3O2. The van der Waals surface area contributed by atoms with Gasteiger partial charge in [0.2, 0.25) is 0 Å². The van der Waals surface area contributed by atoms with Crippen molar-refractivity contribution in [3.63, 3.8) is 0 Å². The van der Waals surface area contributed by atoms with Crippen LogP contribution in [-0.2, 0) is 0 Å². The number of nitrogens with one attached hydrogen (secondary N) is 1. The molecule has 92 valence electrons. The number of nitriles is 2. The van der Waals surface area contributed by atoms with Crippen LogP contribution in [0.2, 0.25) is 0 Å². The lowest BCUT2D eigenvalue weighted by molar-refractivity contribution is 0.355. The summed E-state index contributed by atoms with van der Waals surface area (Å²) in [6.07, 6.45) is 1.33. The van der Waals surface area contributed by atoms with Crippen LogP contribution in [0.25, 0.3) is 0 Å². The molecule has 0 amide bonds. The van der Waals surface area contributed by atoms with Gasteiger partial charge in [-0.2, -0.15) is 10.5 Å². The Morgan fingerprint density at radius 2 is 1.78 bits per heavy atom. The topological polar surface area (TPSA) is 78.1 Å². The van der Waals surface area contributed by atoms with Gasteiger partial charge in [0.15, 0.2) is 11.5 Å². The number of halogens is 1. The Kier molecular flexibility index (Phi) is 5.04. The van der Waals surface area contributed by atoms with Gasteiger partial charge in [-0.25, -0.2) is 0 Å². The largest absolute Gasteiger partial charge is 0.493 e. The van der Waals surface area contributed by atoms with Gasteiger partial charge in [0.05, 0.1) is 19.9 Å². The zero-order valence-electron chi connectivity index (χ0n) is 9.82. The van der Waals surface area contributed by atoms with Gasteiger partial charge in [0.25, 0.3) is 0 Å². The molecule has 0 heterocycles. The third-order valence-corrected chi connectivity index (χ3v) is 2.74. The molecule has 1 aromatic rings. The van der Waals surface area contributed by atoms with E-state index in [0.717, 1.165) is 4.47 Å². The molecule has 1 rings (SSSR count). The third kappa shape index (κ3) is 3.16. The molecule has 0 aliphatic carbocycles. The molecule has 5 nitrogen and oxygen atoms in total. The van der Waals surface area contributed by atoms with E-state index in [-0.39, 0.29) is 5.57 Å². The molecule has 0 spiro atoms. The molecule has 0 aliphatic heterocycles. The average molecular weight is 308 g/mol. The van der Waals surface area contributed by atoms with Gasteiger partial charge in [0, 0.05) is 22.8 Å². The molecule has 6 heteroatoms. The minimum absolute atomic E-state index is 0.0170. The van der Waals surface area contributed by atoms with Crippen LogP contribution in [0.4, 0.5) is 5.69 Å². The molecule has 0 aliphatic rings. The highest BCUT2D eigenvalue weighted by atomic mass is 79.9. The maximum absolute atomic E-state index is 8.62. The van der Waals surface area contributed by atoms with Crippen molar-refractivity contribution in [2.45, 2.75) is 0 Å². The third-order valence-electron chi connectivity index (χ3n) is 2.09. The predicted molar refractivity (Wildman–Crippen MR) is 70.2 cm³/mol. The monoisotopic (exact) mass is 307 g/mol. The van der Waals surface area contributed by atoms with Gasteiger partial charge in [0.1, 0.15) is 17.7 Å². The van der Waals surface area contributed by atoms with Gasteiger partial charge in [-0.15, -0.1) is 0 Å². The zero-order chi connectivity index (χ0) is 13.5. The molecule has 18 heavy (non-hydrogen) atoms. The molecule has 0 atom stereocenters. The van der Waals surface area contributed by atoms with E-state index >= 15 is 0 Å². The summed E-state index contributed by atoms with van der Waals surface area (Å²) in [4.78, 5) is 0. The Morgan fingerprint density at radius 1 is 1.22 bits per heavy atom. The second kappa shape index (κ2) is 6.53. The summed E-state index contributed by atoms with van der Waals surface area (Å²) in [5.41, 5.74) is 0.646. The van der Waals surface area contributed by atoms with Crippen LogP contribution in [0.5, 0.6) is 11.5 Å². The first-order chi connectivity index (χ1) is 8.65. The molecule has 0 fully saturated rings. The minimum Gasteiger partial charge on any atom is -0.493 e. The Labute approximate surface area is 113 Å². The van der Waals surface area contributed by atoms with Gasteiger partial charge in [-0.1, -0.05) is 0 Å². The second-order valence-corrected chi connectivity index (χ2v) is 3.97. The maximum Gasteiger partial charge on any atom is 0.162 e. The highest BCUT2D eigenvalue weighted by Crippen LogP contribution is 2.36. The number of anilines is 1. The first kappa shape index (κ1) is 13.9. The first-order valence-electron chi connectivity index (χ1n) is 4.84. The fraction of sp³-hybridized carbons (Fsp3) is 0.167. The van der Waals surface area contributed by atoms with Crippen LogP contribution in [-0.4, -0.2) is 14.2 Å². The van der Waals surface area contributed by atoms with E-state index in [1.807, 2.05) is 0 Å². The van der Waals surface area contributed by atoms with Gasteiger partial charge < -0.3 is 14.8 Å². The normalized spacial score (nSPS) is 8.72. The molecular weight excluding hydrogens is 298 g/mol. The average Bonchev–Trinajstić information content (AvgIpc) is 2.40. The fourth-order valence-corrected chi connectivity index (χ4v) is 1.64. The predicted octanol–water partition coefficient (Wildman–Crippen LogP) is 2.81. The molecule has 0 aromatic heterocycles. The summed E-state index contributed by atoms with van der Waals surface area (Å²) >= 11 is 3.35. The van der Waals surface area contributed by atoms with E-state index in [9.17, 15) is 0 Å². The summed E-state index contributed by atoms with van der Waals surface area (Å²) in [6, 6.07) is 6.95. The van der Waals surface area contributed by atoms with E-state index in [2.05, 4.69) is 21.2 Å². The molecule has 0 saturated carbocycles. The van der Waals surface area contributed by atoms with Crippen LogP contribution in [0.15, 0.2) is 28.4 Å². The Balaban J connectivity index is 3.09. The Hall–Kier alpha value is -2.18. The summed E-state index contributed by atoms with van der Waals surface area (Å²) < 4.78 is 11.0. The molecule has 1 N–H and O–H groups in total. The van der Waals surface area contributed by atoms with Crippen molar-refractivity contribution in [1.82, 2.24) is 0 Å². The number of allylic oxidation sites excluding steroid dienone is 1. The van der Waals surface area contributed by atoms with E-state index in [1.54, 1.807) is 31.4 Å². The number of methoxy groups -OCH3 is 2. The van der Waals surface area contributed by atoms with Gasteiger partial charge >= 0.3 is 0 Å². The molecule has 0 unspecified atom stereocenters. The van der Waals surface area contributed by atoms with Gasteiger partial charge in [-0.05, 0) is 15.9 Å². The first-order valence-corrected chi connectivity index (χ1v) is 5.64. The zero-order valence-corrected chi connectivity index (χ0v) is 11.4. The molecule has 0 radical (unpaired) electrons. The lowest BCUT2D eigenvalue weighted by atomic mass is 10.2.